The van der Waals surface area contributed by atoms with Gasteiger partial charge in [0.05, 0.1) is 28.0 Å². The monoisotopic (exact) mass is 374 g/mol. The molecule has 26 heavy (non-hydrogen) atoms. The number of nitro benzene ring substituents is 1. The third kappa shape index (κ3) is 3.93. The first-order valence-electron chi connectivity index (χ1n) is 6.87. The van der Waals surface area contributed by atoms with E-state index in [9.17, 15) is 41.7 Å². The zero-order valence-corrected chi connectivity index (χ0v) is 12.6. The molecule has 0 bridgehead atoms. The molecule has 0 aliphatic rings. The second-order valence-electron chi connectivity index (χ2n) is 5.21. The fourth-order valence-corrected chi connectivity index (χ4v) is 2.37. The van der Waals surface area contributed by atoms with E-state index in [0.717, 1.165) is 30.3 Å². The summed E-state index contributed by atoms with van der Waals surface area (Å²) < 4.78 is 78.2. The molecule has 136 valence electrons. The normalized spacial score (nSPS) is 13.1. The van der Waals surface area contributed by atoms with Crippen LogP contribution in [0.5, 0.6) is 0 Å². The number of nitro groups is 1. The molecule has 1 atom stereocenters. The molecule has 0 spiro atoms. The zero-order chi connectivity index (χ0) is 19.7. The zero-order valence-electron chi connectivity index (χ0n) is 12.6. The number of alkyl halides is 6. The third-order valence-corrected chi connectivity index (χ3v) is 3.54. The minimum atomic E-state index is -5.03. The van der Waals surface area contributed by atoms with E-state index in [1.807, 2.05) is 0 Å². The summed E-state index contributed by atoms with van der Waals surface area (Å²) >= 11 is 0. The van der Waals surface area contributed by atoms with E-state index in [0.29, 0.717) is 6.07 Å². The molecular formula is C16H8F6N2O2. The predicted molar refractivity (Wildman–Crippen MR) is 77.0 cm³/mol. The highest BCUT2D eigenvalue weighted by atomic mass is 19.4. The highest BCUT2D eigenvalue weighted by molar-refractivity contribution is 5.49. The average Bonchev–Trinajstić information content (AvgIpc) is 2.54. The van der Waals surface area contributed by atoms with Gasteiger partial charge in [-0.1, -0.05) is 18.2 Å². The van der Waals surface area contributed by atoms with Gasteiger partial charge < -0.3 is 0 Å². The summed E-state index contributed by atoms with van der Waals surface area (Å²) in [6.45, 7) is 0. The van der Waals surface area contributed by atoms with Crippen LogP contribution in [0.15, 0.2) is 42.5 Å². The van der Waals surface area contributed by atoms with Crippen LogP contribution in [0.2, 0.25) is 0 Å². The fourth-order valence-electron chi connectivity index (χ4n) is 2.37. The lowest BCUT2D eigenvalue weighted by molar-refractivity contribution is -0.385. The van der Waals surface area contributed by atoms with Gasteiger partial charge in [-0.25, -0.2) is 0 Å². The van der Waals surface area contributed by atoms with E-state index >= 15 is 0 Å². The highest BCUT2D eigenvalue weighted by Crippen LogP contribution is 2.40. The Hall–Kier alpha value is -3.09. The predicted octanol–water partition coefficient (Wildman–Crippen LogP) is 5.29. The Bertz CT molecular complexity index is 884. The van der Waals surface area contributed by atoms with E-state index in [1.54, 1.807) is 0 Å². The molecule has 4 nitrogen and oxygen atoms in total. The lowest BCUT2D eigenvalue weighted by Gasteiger charge is -2.18. The second-order valence-corrected chi connectivity index (χ2v) is 5.21. The van der Waals surface area contributed by atoms with E-state index < -0.39 is 45.6 Å². The van der Waals surface area contributed by atoms with E-state index in [-0.39, 0.29) is 11.6 Å². The average molecular weight is 374 g/mol. The summed E-state index contributed by atoms with van der Waals surface area (Å²) in [4.78, 5) is 9.67. The number of halogens is 6. The van der Waals surface area contributed by atoms with Crippen LogP contribution < -0.4 is 0 Å². The molecule has 2 aromatic rings. The number of benzene rings is 2. The number of nitrogens with zero attached hydrogens (tertiary/aromatic N) is 2. The molecule has 0 amide bonds. The number of hydrogen-bond acceptors (Lipinski definition) is 3. The van der Waals surface area contributed by atoms with Crippen LogP contribution >= 0.6 is 0 Å². The van der Waals surface area contributed by atoms with Crippen LogP contribution in [0.3, 0.4) is 0 Å². The fraction of sp³-hybridized carbons (Fsp3) is 0.188. The van der Waals surface area contributed by atoms with Crippen LogP contribution in [0, 0.1) is 21.4 Å². The molecule has 0 saturated heterocycles. The lowest BCUT2D eigenvalue weighted by Crippen LogP contribution is -2.13. The first-order chi connectivity index (χ1) is 11.9. The van der Waals surface area contributed by atoms with Gasteiger partial charge in [0.2, 0.25) is 0 Å². The standard InChI is InChI=1S/C16H8F6N2O2/c17-15(18,19)10-3-1-2-9(6-10)13(8-23)12-5-4-11(24(25)26)7-14(12)16(20,21)22/h1-7,13H. The quantitative estimate of drug-likeness (QED) is 0.417. The Kier molecular flexibility index (Phi) is 4.93. The van der Waals surface area contributed by atoms with Crippen molar-refractivity contribution in [2.24, 2.45) is 0 Å². The van der Waals surface area contributed by atoms with Crippen molar-refractivity contribution in [3.05, 3.63) is 74.8 Å². The SMILES string of the molecule is N#CC(c1cccc(C(F)(F)F)c1)c1ccc([N+](=O)[O-])cc1C(F)(F)F. The van der Waals surface area contributed by atoms with Crippen LogP contribution in [-0.4, -0.2) is 4.92 Å². The summed E-state index contributed by atoms with van der Waals surface area (Å²) in [5.41, 5.74) is -4.38. The molecule has 0 aromatic heterocycles. The van der Waals surface area contributed by atoms with Crippen molar-refractivity contribution in [3.63, 3.8) is 0 Å². The molecule has 1 unspecified atom stereocenters. The van der Waals surface area contributed by atoms with E-state index in [2.05, 4.69) is 0 Å². The van der Waals surface area contributed by atoms with Crippen molar-refractivity contribution in [2.75, 3.05) is 0 Å². The molecular weight excluding hydrogens is 366 g/mol. The van der Waals surface area contributed by atoms with Gasteiger partial charge in [-0.2, -0.15) is 31.6 Å². The van der Waals surface area contributed by atoms with Gasteiger partial charge in [0, 0.05) is 12.1 Å². The maximum atomic E-state index is 13.3. The topological polar surface area (TPSA) is 66.9 Å². The van der Waals surface area contributed by atoms with Gasteiger partial charge in [-0.15, -0.1) is 0 Å². The molecule has 0 heterocycles. The summed E-state index contributed by atoms with van der Waals surface area (Å²) in [6, 6.07) is 6.65. The van der Waals surface area contributed by atoms with Crippen molar-refractivity contribution >= 4 is 5.69 Å². The number of hydrogen-bond donors (Lipinski definition) is 0. The van der Waals surface area contributed by atoms with Gasteiger partial charge in [0.25, 0.3) is 5.69 Å². The molecule has 0 aliphatic heterocycles. The van der Waals surface area contributed by atoms with Crippen molar-refractivity contribution in [1.29, 1.82) is 5.26 Å². The molecule has 0 saturated carbocycles. The lowest BCUT2D eigenvalue weighted by atomic mass is 9.88. The van der Waals surface area contributed by atoms with Crippen molar-refractivity contribution in [2.45, 2.75) is 18.3 Å². The summed E-state index contributed by atoms with van der Waals surface area (Å²) in [7, 11) is 0. The van der Waals surface area contributed by atoms with Gasteiger partial charge in [-0.05, 0) is 23.3 Å². The number of nitriles is 1. The smallest absolute Gasteiger partial charge is 0.258 e. The first-order valence-corrected chi connectivity index (χ1v) is 6.87. The molecule has 0 fully saturated rings. The van der Waals surface area contributed by atoms with Gasteiger partial charge in [0.1, 0.15) is 0 Å². The molecule has 2 aromatic carbocycles. The van der Waals surface area contributed by atoms with E-state index in [4.69, 9.17) is 0 Å². The maximum Gasteiger partial charge on any atom is 0.416 e. The Labute approximate surface area is 142 Å². The Morgan fingerprint density at radius 1 is 1.00 bits per heavy atom. The first kappa shape index (κ1) is 19.2. The van der Waals surface area contributed by atoms with Gasteiger partial charge >= 0.3 is 12.4 Å². The van der Waals surface area contributed by atoms with Crippen LogP contribution in [-0.2, 0) is 12.4 Å². The highest BCUT2D eigenvalue weighted by Gasteiger charge is 2.38. The molecule has 2 rings (SSSR count). The Morgan fingerprint density at radius 3 is 2.15 bits per heavy atom. The maximum absolute atomic E-state index is 13.3. The van der Waals surface area contributed by atoms with Crippen molar-refractivity contribution in [1.82, 2.24) is 0 Å². The Balaban J connectivity index is 2.65. The molecule has 0 radical (unpaired) electrons. The molecule has 0 aliphatic carbocycles. The van der Waals surface area contributed by atoms with Gasteiger partial charge in [-0.3, -0.25) is 10.1 Å². The van der Waals surface area contributed by atoms with Crippen LogP contribution in [0.25, 0.3) is 0 Å². The number of non-ortho nitro benzene ring substituents is 1. The number of rotatable bonds is 3. The molecule has 10 heteroatoms. The van der Waals surface area contributed by atoms with Crippen LogP contribution in [0.4, 0.5) is 32.0 Å². The Morgan fingerprint density at radius 2 is 1.65 bits per heavy atom. The second kappa shape index (κ2) is 6.67. The summed E-state index contributed by atoms with van der Waals surface area (Å²) in [5.74, 6) is -1.69. The van der Waals surface area contributed by atoms with E-state index in [1.165, 1.54) is 6.07 Å². The minimum Gasteiger partial charge on any atom is -0.258 e. The minimum absolute atomic E-state index is 0.257. The van der Waals surface area contributed by atoms with Crippen molar-refractivity contribution in [3.8, 4) is 6.07 Å². The van der Waals surface area contributed by atoms with Crippen LogP contribution in [0.1, 0.15) is 28.2 Å². The summed E-state index contributed by atoms with van der Waals surface area (Å²) in [6.07, 6.45) is -9.77. The third-order valence-electron chi connectivity index (χ3n) is 3.54. The summed E-state index contributed by atoms with van der Waals surface area (Å²) in [5, 5.41) is 20.0. The van der Waals surface area contributed by atoms with Gasteiger partial charge in [0.15, 0.2) is 0 Å². The van der Waals surface area contributed by atoms with Crippen molar-refractivity contribution < 1.29 is 31.3 Å². The molecule has 0 N–H and O–H groups in total. The largest absolute Gasteiger partial charge is 0.416 e.